The van der Waals surface area contributed by atoms with E-state index in [0.717, 1.165) is 31.7 Å². The first kappa shape index (κ1) is 12.8. The monoisotopic (exact) mass is 253 g/mol. The minimum Gasteiger partial charge on any atom is -0.465 e. The second kappa shape index (κ2) is 5.82. The van der Waals surface area contributed by atoms with Crippen LogP contribution in [0.25, 0.3) is 0 Å². The number of hydrogen-bond acceptors (Lipinski definition) is 4. The predicted octanol–water partition coefficient (Wildman–Crippen LogP) is 2.20. The molecule has 18 heavy (non-hydrogen) atoms. The van der Waals surface area contributed by atoms with Crippen LogP contribution >= 0.6 is 0 Å². The average Bonchev–Trinajstić information content (AvgIpc) is 2.41. The summed E-state index contributed by atoms with van der Waals surface area (Å²) in [6, 6.07) is 4.68. The Morgan fingerprint density at radius 1 is 1.44 bits per heavy atom. The number of hydrogen-bond donors (Lipinski definition) is 1. The maximum absolute atomic E-state index is 13.4. The fourth-order valence-electron chi connectivity index (χ4n) is 1.96. The number of carbonyl (C=O) groups excluding carboxylic acids is 1. The van der Waals surface area contributed by atoms with Gasteiger partial charge < -0.3 is 14.8 Å². The Labute approximate surface area is 105 Å². The highest BCUT2D eigenvalue weighted by atomic mass is 19.1. The maximum Gasteiger partial charge on any atom is 0.340 e. The smallest absolute Gasteiger partial charge is 0.340 e. The Morgan fingerprint density at radius 2 is 2.17 bits per heavy atom. The van der Waals surface area contributed by atoms with Gasteiger partial charge in [-0.25, -0.2) is 9.18 Å². The maximum atomic E-state index is 13.4. The second-order valence-electron chi connectivity index (χ2n) is 4.22. The summed E-state index contributed by atoms with van der Waals surface area (Å²) in [6.07, 6.45) is 1.82. The molecule has 1 N–H and O–H groups in total. The number of methoxy groups -OCH3 is 1. The minimum absolute atomic E-state index is 0.0467. The zero-order valence-electron chi connectivity index (χ0n) is 10.2. The molecule has 4 nitrogen and oxygen atoms in total. The molecule has 0 radical (unpaired) electrons. The molecule has 5 heteroatoms. The average molecular weight is 253 g/mol. The number of ether oxygens (including phenoxy) is 2. The minimum atomic E-state index is -0.664. The highest BCUT2D eigenvalue weighted by molar-refractivity contribution is 5.90. The molecule has 1 aliphatic rings. The van der Waals surface area contributed by atoms with Gasteiger partial charge in [-0.2, -0.15) is 0 Å². The van der Waals surface area contributed by atoms with Gasteiger partial charge in [-0.15, -0.1) is 0 Å². The lowest BCUT2D eigenvalue weighted by molar-refractivity contribution is 0.0595. The Bertz CT molecular complexity index is 430. The number of nitrogens with one attached hydrogen (secondary N) is 1. The number of anilines is 1. The van der Waals surface area contributed by atoms with Crippen molar-refractivity contribution in [2.24, 2.45) is 0 Å². The van der Waals surface area contributed by atoms with Crippen molar-refractivity contribution in [1.29, 1.82) is 0 Å². The quantitative estimate of drug-likeness (QED) is 0.839. The van der Waals surface area contributed by atoms with E-state index >= 15 is 0 Å². The van der Waals surface area contributed by atoms with Gasteiger partial charge in [0.05, 0.1) is 12.7 Å². The zero-order chi connectivity index (χ0) is 13.0. The van der Waals surface area contributed by atoms with Crippen molar-refractivity contribution in [3.8, 4) is 0 Å². The van der Waals surface area contributed by atoms with E-state index < -0.39 is 11.8 Å². The summed E-state index contributed by atoms with van der Waals surface area (Å²) in [6.45, 7) is 1.45. The summed E-state index contributed by atoms with van der Waals surface area (Å²) < 4.78 is 23.2. The topological polar surface area (TPSA) is 47.6 Å². The zero-order valence-corrected chi connectivity index (χ0v) is 10.2. The van der Waals surface area contributed by atoms with Crippen LogP contribution in [0.5, 0.6) is 0 Å². The standard InChI is InChI=1S/C13H16FNO3/c1-17-13(16)11-8-10(2-3-12(11)14)15-9-4-6-18-7-5-9/h2-3,8-9,15H,4-7H2,1H3. The lowest BCUT2D eigenvalue weighted by Gasteiger charge is -2.24. The molecule has 98 valence electrons. The first-order valence-electron chi connectivity index (χ1n) is 5.93. The molecule has 1 saturated heterocycles. The van der Waals surface area contributed by atoms with Crippen LogP contribution in [0.15, 0.2) is 18.2 Å². The van der Waals surface area contributed by atoms with E-state index in [1.807, 2.05) is 0 Å². The van der Waals surface area contributed by atoms with Crippen LogP contribution in [0.1, 0.15) is 23.2 Å². The molecule has 1 aromatic carbocycles. The molecule has 0 aliphatic carbocycles. The molecule has 2 rings (SSSR count). The number of benzene rings is 1. The van der Waals surface area contributed by atoms with Crippen LogP contribution in [0.2, 0.25) is 0 Å². The molecule has 0 bridgehead atoms. The van der Waals surface area contributed by atoms with Gasteiger partial charge in [0, 0.05) is 24.9 Å². The summed E-state index contributed by atoms with van der Waals surface area (Å²) in [5, 5.41) is 3.27. The summed E-state index contributed by atoms with van der Waals surface area (Å²) >= 11 is 0. The van der Waals surface area contributed by atoms with Crippen molar-refractivity contribution in [3.63, 3.8) is 0 Å². The van der Waals surface area contributed by atoms with Crippen molar-refractivity contribution < 1.29 is 18.7 Å². The van der Waals surface area contributed by atoms with Crippen LogP contribution in [-0.2, 0) is 9.47 Å². The van der Waals surface area contributed by atoms with E-state index in [-0.39, 0.29) is 5.56 Å². The van der Waals surface area contributed by atoms with Crippen molar-refractivity contribution in [3.05, 3.63) is 29.6 Å². The Hall–Kier alpha value is -1.62. The van der Waals surface area contributed by atoms with Gasteiger partial charge in [-0.1, -0.05) is 0 Å². The van der Waals surface area contributed by atoms with E-state index in [9.17, 15) is 9.18 Å². The molecule has 0 amide bonds. The highest BCUT2D eigenvalue weighted by Gasteiger charge is 2.16. The largest absolute Gasteiger partial charge is 0.465 e. The number of carbonyl (C=O) groups is 1. The van der Waals surface area contributed by atoms with Crippen molar-refractivity contribution in [1.82, 2.24) is 0 Å². The van der Waals surface area contributed by atoms with Crippen molar-refractivity contribution in [2.75, 3.05) is 25.6 Å². The third kappa shape index (κ3) is 2.98. The van der Waals surface area contributed by atoms with Crippen molar-refractivity contribution >= 4 is 11.7 Å². The molecule has 0 atom stereocenters. The summed E-state index contributed by atoms with van der Waals surface area (Å²) in [4.78, 5) is 11.4. The SMILES string of the molecule is COC(=O)c1cc(NC2CCOCC2)ccc1F. The second-order valence-corrected chi connectivity index (χ2v) is 4.22. The van der Waals surface area contributed by atoms with Gasteiger partial charge in [0.1, 0.15) is 5.82 Å². The van der Waals surface area contributed by atoms with Crippen LogP contribution in [0.4, 0.5) is 10.1 Å². The van der Waals surface area contributed by atoms with Gasteiger partial charge in [-0.3, -0.25) is 0 Å². The molecule has 1 heterocycles. The summed E-state index contributed by atoms with van der Waals surface area (Å²) in [5.41, 5.74) is 0.679. The number of rotatable bonds is 3. The third-order valence-corrected chi connectivity index (χ3v) is 2.96. The molecule has 0 spiro atoms. The molecule has 1 fully saturated rings. The molecular formula is C13H16FNO3. The summed E-state index contributed by atoms with van der Waals surface area (Å²) in [5.74, 6) is -1.23. The Kier molecular flexibility index (Phi) is 4.15. The highest BCUT2D eigenvalue weighted by Crippen LogP contribution is 2.19. The number of halogens is 1. The van der Waals surface area contributed by atoms with Gasteiger partial charge in [0.2, 0.25) is 0 Å². The van der Waals surface area contributed by atoms with Crippen LogP contribution in [0, 0.1) is 5.82 Å². The molecule has 0 unspecified atom stereocenters. The normalized spacial score (nSPS) is 16.3. The van der Waals surface area contributed by atoms with Gasteiger partial charge in [0.25, 0.3) is 0 Å². The van der Waals surface area contributed by atoms with Gasteiger partial charge in [-0.05, 0) is 31.0 Å². The lowest BCUT2D eigenvalue weighted by Crippen LogP contribution is -2.27. The predicted molar refractivity (Wildman–Crippen MR) is 65.2 cm³/mol. The summed E-state index contributed by atoms with van der Waals surface area (Å²) in [7, 11) is 1.24. The Morgan fingerprint density at radius 3 is 2.83 bits per heavy atom. The lowest BCUT2D eigenvalue weighted by atomic mass is 10.1. The molecule has 1 aliphatic heterocycles. The van der Waals surface area contributed by atoms with Gasteiger partial charge >= 0.3 is 5.97 Å². The fraction of sp³-hybridized carbons (Fsp3) is 0.462. The van der Waals surface area contributed by atoms with Crippen LogP contribution in [-0.4, -0.2) is 32.3 Å². The van der Waals surface area contributed by atoms with E-state index in [4.69, 9.17) is 4.74 Å². The van der Waals surface area contributed by atoms with E-state index in [1.54, 1.807) is 6.07 Å². The first-order chi connectivity index (χ1) is 8.70. The third-order valence-electron chi connectivity index (χ3n) is 2.96. The number of esters is 1. The molecule has 0 saturated carbocycles. The van der Waals surface area contributed by atoms with E-state index in [1.165, 1.54) is 19.2 Å². The molecular weight excluding hydrogens is 237 g/mol. The molecule has 0 aromatic heterocycles. The molecule has 1 aromatic rings. The first-order valence-corrected chi connectivity index (χ1v) is 5.93. The van der Waals surface area contributed by atoms with Crippen molar-refractivity contribution in [2.45, 2.75) is 18.9 Å². The van der Waals surface area contributed by atoms with E-state index in [2.05, 4.69) is 10.1 Å². The van der Waals surface area contributed by atoms with Crippen LogP contribution in [0.3, 0.4) is 0 Å². The Balaban J connectivity index is 2.11. The fourth-order valence-corrected chi connectivity index (χ4v) is 1.96. The van der Waals surface area contributed by atoms with Gasteiger partial charge in [0.15, 0.2) is 0 Å². The van der Waals surface area contributed by atoms with Crippen LogP contribution < -0.4 is 5.32 Å². The van der Waals surface area contributed by atoms with E-state index in [0.29, 0.717) is 6.04 Å².